The van der Waals surface area contributed by atoms with E-state index in [9.17, 15) is 4.79 Å². The number of piperazine rings is 1. The van der Waals surface area contributed by atoms with E-state index in [1.54, 1.807) is 19.4 Å². The molecule has 0 radical (unpaired) electrons. The maximum absolute atomic E-state index is 12.7. The van der Waals surface area contributed by atoms with Crippen LogP contribution in [0, 0.1) is 0 Å². The van der Waals surface area contributed by atoms with E-state index in [0.717, 1.165) is 18.9 Å². The van der Waals surface area contributed by atoms with Gasteiger partial charge in [0.15, 0.2) is 11.5 Å². The molecule has 1 saturated heterocycles. The minimum atomic E-state index is -0.115. The lowest BCUT2D eigenvalue weighted by Crippen LogP contribution is -2.51. The van der Waals surface area contributed by atoms with Gasteiger partial charge in [-0.1, -0.05) is 12.1 Å². The number of ether oxygens (including phenoxy) is 1. The number of carbonyl (C=O) groups excluding carboxylic acids is 1. The van der Waals surface area contributed by atoms with Crippen LogP contribution in [0.5, 0.6) is 0 Å². The van der Waals surface area contributed by atoms with Gasteiger partial charge in [-0.05, 0) is 6.54 Å². The van der Waals surface area contributed by atoms with Crippen molar-refractivity contribution in [2.24, 2.45) is 7.05 Å². The number of hydrogen-bond donors (Lipinski definition) is 0. The first-order valence-electron chi connectivity index (χ1n) is 8.09. The highest BCUT2D eigenvalue weighted by Gasteiger charge is 2.33. The number of amides is 1. The van der Waals surface area contributed by atoms with Gasteiger partial charge in [0.1, 0.15) is 12.4 Å². The number of nitrogens with zero attached hydrogens (tertiary/aromatic N) is 5. The largest absolute Gasteiger partial charge is 0.377 e. The van der Waals surface area contributed by atoms with Crippen molar-refractivity contribution in [3.63, 3.8) is 0 Å². The van der Waals surface area contributed by atoms with Gasteiger partial charge in [0, 0.05) is 52.3 Å². The van der Waals surface area contributed by atoms with Gasteiger partial charge in [0.05, 0.1) is 6.04 Å². The number of methoxy groups -OCH3 is 1. The topological polar surface area (TPSA) is 76.6 Å². The number of aromatic nitrogens is 3. The van der Waals surface area contributed by atoms with Crippen molar-refractivity contribution in [1.29, 1.82) is 0 Å². The molecule has 1 fully saturated rings. The number of rotatable bonds is 5. The fourth-order valence-corrected chi connectivity index (χ4v) is 3.11. The van der Waals surface area contributed by atoms with E-state index in [4.69, 9.17) is 9.26 Å². The lowest BCUT2D eigenvalue weighted by atomic mass is 10.1. The number of likely N-dealkylation sites (N-methyl/N-ethyl adjacent to an activating group) is 1. The van der Waals surface area contributed by atoms with Gasteiger partial charge in [-0.15, -0.1) is 0 Å². The molecule has 1 aliphatic heterocycles. The van der Waals surface area contributed by atoms with Crippen LogP contribution in [0.1, 0.15) is 35.0 Å². The zero-order valence-corrected chi connectivity index (χ0v) is 14.3. The normalized spacial score (nSPS) is 19.0. The molecule has 3 heterocycles. The standard InChI is InChI=1S/C16H23N5O3/c1-4-20-7-8-21(10-14(20)15-17-5-6-19(15)2)16(22)13-9-12(11-23-3)24-18-13/h5-6,9,14H,4,7-8,10-11H2,1-3H3/t14-/m0/s1. The second-order valence-corrected chi connectivity index (χ2v) is 5.90. The number of aryl methyl sites for hydroxylation is 1. The summed E-state index contributed by atoms with van der Waals surface area (Å²) < 4.78 is 12.1. The van der Waals surface area contributed by atoms with Crippen LogP contribution in [-0.2, 0) is 18.4 Å². The maximum Gasteiger partial charge on any atom is 0.276 e. The number of imidazole rings is 1. The fourth-order valence-electron chi connectivity index (χ4n) is 3.11. The van der Waals surface area contributed by atoms with Gasteiger partial charge in [-0.2, -0.15) is 0 Å². The molecule has 0 aliphatic carbocycles. The molecule has 3 rings (SSSR count). The van der Waals surface area contributed by atoms with Crippen LogP contribution >= 0.6 is 0 Å². The highest BCUT2D eigenvalue weighted by molar-refractivity contribution is 5.92. The van der Waals surface area contributed by atoms with Gasteiger partial charge in [-0.3, -0.25) is 9.69 Å². The molecule has 0 saturated carbocycles. The summed E-state index contributed by atoms with van der Waals surface area (Å²) in [7, 11) is 3.55. The van der Waals surface area contributed by atoms with E-state index >= 15 is 0 Å². The number of hydrogen-bond acceptors (Lipinski definition) is 6. The predicted octanol–water partition coefficient (Wildman–Crippen LogP) is 1.07. The third-order valence-electron chi connectivity index (χ3n) is 4.41. The van der Waals surface area contributed by atoms with Gasteiger partial charge in [0.25, 0.3) is 5.91 Å². The molecular formula is C16H23N5O3. The number of carbonyl (C=O) groups is 1. The second kappa shape index (κ2) is 7.14. The molecule has 0 N–H and O–H groups in total. The lowest BCUT2D eigenvalue weighted by Gasteiger charge is -2.40. The average molecular weight is 333 g/mol. The van der Waals surface area contributed by atoms with Crippen LogP contribution in [0.4, 0.5) is 0 Å². The quantitative estimate of drug-likeness (QED) is 0.815. The van der Waals surface area contributed by atoms with E-state index in [-0.39, 0.29) is 11.9 Å². The molecule has 130 valence electrons. The molecule has 0 unspecified atom stereocenters. The van der Waals surface area contributed by atoms with Crippen LogP contribution in [0.15, 0.2) is 23.0 Å². The van der Waals surface area contributed by atoms with Gasteiger partial charge in [-0.25, -0.2) is 4.98 Å². The van der Waals surface area contributed by atoms with Crippen molar-refractivity contribution in [2.45, 2.75) is 19.6 Å². The minimum Gasteiger partial charge on any atom is -0.377 e. The fraction of sp³-hybridized carbons (Fsp3) is 0.562. The van der Waals surface area contributed by atoms with E-state index < -0.39 is 0 Å². The van der Waals surface area contributed by atoms with E-state index in [1.807, 2.05) is 22.7 Å². The van der Waals surface area contributed by atoms with Crippen molar-refractivity contribution in [2.75, 3.05) is 33.3 Å². The van der Waals surface area contributed by atoms with E-state index in [0.29, 0.717) is 31.2 Å². The Bertz CT molecular complexity index is 695. The highest BCUT2D eigenvalue weighted by atomic mass is 16.5. The molecule has 1 aliphatic rings. The van der Waals surface area contributed by atoms with Gasteiger partial charge in [0.2, 0.25) is 0 Å². The lowest BCUT2D eigenvalue weighted by molar-refractivity contribution is 0.0464. The van der Waals surface area contributed by atoms with Crippen LogP contribution in [-0.4, -0.2) is 63.7 Å². The summed E-state index contributed by atoms with van der Waals surface area (Å²) in [6.45, 7) is 5.41. The van der Waals surface area contributed by atoms with Gasteiger partial charge < -0.3 is 18.7 Å². The zero-order valence-electron chi connectivity index (χ0n) is 14.3. The van der Waals surface area contributed by atoms with Gasteiger partial charge >= 0.3 is 0 Å². The summed E-state index contributed by atoms with van der Waals surface area (Å²) in [4.78, 5) is 21.4. The Morgan fingerprint density at radius 3 is 2.96 bits per heavy atom. The monoisotopic (exact) mass is 333 g/mol. The smallest absolute Gasteiger partial charge is 0.276 e. The summed E-state index contributed by atoms with van der Waals surface area (Å²) in [5.41, 5.74) is 0.325. The van der Waals surface area contributed by atoms with Crippen LogP contribution in [0.25, 0.3) is 0 Å². The summed E-state index contributed by atoms with van der Waals surface area (Å²) in [6, 6.07) is 1.73. The molecule has 2 aromatic heterocycles. The summed E-state index contributed by atoms with van der Waals surface area (Å²) >= 11 is 0. The first-order chi connectivity index (χ1) is 11.6. The molecule has 8 heteroatoms. The average Bonchev–Trinajstić information content (AvgIpc) is 3.23. The molecule has 0 aromatic carbocycles. The van der Waals surface area contributed by atoms with E-state index in [1.165, 1.54) is 0 Å². The Balaban J connectivity index is 1.76. The van der Waals surface area contributed by atoms with Crippen molar-refractivity contribution in [3.8, 4) is 0 Å². The third kappa shape index (κ3) is 3.20. The predicted molar refractivity (Wildman–Crippen MR) is 86.3 cm³/mol. The van der Waals surface area contributed by atoms with Crippen molar-refractivity contribution < 1.29 is 14.1 Å². The molecule has 1 amide bonds. The first-order valence-corrected chi connectivity index (χ1v) is 8.09. The Labute approximate surface area is 141 Å². The van der Waals surface area contributed by atoms with Crippen LogP contribution < -0.4 is 0 Å². The SMILES string of the molecule is CCN1CCN(C(=O)c2cc(COC)on2)C[C@H]1c1nccn1C. The maximum atomic E-state index is 12.7. The third-order valence-corrected chi connectivity index (χ3v) is 4.41. The van der Waals surface area contributed by atoms with Crippen molar-refractivity contribution in [3.05, 3.63) is 35.7 Å². The van der Waals surface area contributed by atoms with Crippen LogP contribution in [0.2, 0.25) is 0 Å². The van der Waals surface area contributed by atoms with Crippen molar-refractivity contribution in [1.82, 2.24) is 24.5 Å². The van der Waals surface area contributed by atoms with Crippen molar-refractivity contribution >= 4 is 5.91 Å². The molecule has 1 atom stereocenters. The Morgan fingerprint density at radius 1 is 1.46 bits per heavy atom. The Morgan fingerprint density at radius 2 is 2.29 bits per heavy atom. The van der Waals surface area contributed by atoms with Crippen LogP contribution in [0.3, 0.4) is 0 Å². The molecule has 2 aromatic rings. The van der Waals surface area contributed by atoms with E-state index in [2.05, 4.69) is 22.0 Å². The first kappa shape index (κ1) is 16.7. The molecule has 0 spiro atoms. The Kier molecular flexibility index (Phi) is 4.96. The molecule has 24 heavy (non-hydrogen) atoms. The highest BCUT2D eigenvalue weighted by Crippen LogP contribution is 2.24. The molecular weight excluding hydrogens is 310 g/mol. The Hall–Kier alpha value is -2.19. The second-order valence-electron chi connectivity index (χ2n) is 5.90. The minimum absolute atomic E-state index is 0.0815. The molecule has 0 bridgehead atoms. The molecule has 8 nitrogen and oxygen atoms in total. The summed E-state index contributed by atoms with van der Waals surface area (Å²) in [6.07, 6.45) is 3.72. The summed E-state index contributed by atoms with van der Waals surface area (Å²) in [5, 5.41) is 3.87. The zero-order chi connectivity index (χ0) is 17.1. The summed E-state index contributed by atoms with van der Waals surface area (Å²) in [5.74, 6) is 1.40.